The van der Waals surface area contributed by atoms with E-state index < -0.39 is 0 Å². The molecule has 1 rings (SSSR count). The van der Waals surface area contributed by atoms with Crippen LogP contribution in [0.1, 0.15) is 39.2 Å². The van der Waals surface area contributed by atoms with E-state index in [-0.39, 0.29) is 0 Å². The Kier molecular flexibility index (Phi) is 6.71. The van der Waals surface area contributed by atoms with Gasteiger partial charge < -0.3 is 10.1 Å². The molecule has 1 atom stereocenters. The average Bonchev–Trinajstić information content (AvgIpc) is 2.36. The van der Waals surface area contributed by atoms with Crippen LogP contribution in [0, 0.1) is 0 Å². The zero-order valence-corrected chi connectivity index (χ0v) is 11.3. The molecule has 1 N–H and O–H groups in total. The van der Waals surface area contributed by atoms with Gasteiger partial charge >= 0.3 is 0 Å². The Morgan fingerprint density at radius 3 is 2.59 bits per heavy atom. The number of para-hydroxylation sites is 1. The highest BCUT2D eigenvalue weighted by molar-refractivity contribution is 5.33. The van der Waals surface area contributed by atoms with Crippen molar-refractivity contribution < 1.29 is 4.74 Å². The van der Waals surface area contributed by atoms with Crippen molar-refractivity contribution in [2.45, 2.75) is 46.1 Å². The first-order chi connectivity index (χ1) is 8.31. The Morgan fingerprint density at radius 2 is 1.94 bits per heavy atom. The Morgan fingerprint density at radius 1 is 1.18 bits per heavy atom. The van der Waals surface area contributed by atoms with E-state index in [1.54, 1.807) is 0 Å². The summed E-state index contributed by atoms with van der Waals surface area (Å²) in [5.41, 5.74) is 1.32. The van der Waals surface area contributed by atoms with Gasteiger partial charge in [0.1, 0.15) is 5.75 Å². The molecule has 0 heterocycles. The van der Waals surface area contributed by atoms with Gasteiger partial charge in [0, 0.05) is 6.04 Å². The first-order valence-corrected chi connectivity index (χ1v) is 6.75. The Balaban J connectivity index is 2.55. The number of benzene rings is 1. The fraction of sp³-hybridized carbons (Fsp3) is 0.600. The standard InChI is InChI=1S/C15H25NO/c1-4-14(16-5-2)12-11-13-9-7-8-10-15(13)17-6-3/h7-10,14,16H,4-6,11-12H2,1-3H3. The van der Waals surface area contributed by atoms with Crippen LogP contribution >= 0.6 is 0 Å². The lowest BCUT2D eigenvalue weighted by molar-refractivity contribution is 0.335. The van der Waals surface area contributed by atoms with E-state index >= 15 is 0 Å². The third kappa shape index (κ3) is 4.78. The summed E-state index contributed by atoms with van der Waals surface area (Å²) in [7, 11) is 0. The van der Waals surface area contributed by atoms with Gasteiger partial charge in [0.25, 0.3) is 0 Å². The average molecular weight is 235 g/mol. The van der Waals surface area contributed by atoms with Gasteiger partial charge in [-0.25, -0.2) is 0 Å². The highest BCUT2D eigenvalue weighted by Crippen LogP contribution is 2.20. The summed E-state index contributed by atoms with van der Waals surface area (Å²) in [4.78, 5) is 0. The van der Waals surface area contributed by atoms with Crippen molar-refractivity contribution in [1.29, 1.82) is 0 Å². The van der Waals surface area contributed by atoms with E-state index in [0.717, 1.165) is 25.3 Å². The molecule has 0 radical (unpaired) electrons. The van der Waals surface area contributed by atoms with Gasteiger partial charge in [-0.3, -0.25) is 0 Å². The van der Waals surface area contributed by atoms with Crippen molar-refractivity contribution in [1.82, 2.24) is 5.32 Å². The van der Waals surface area contributed by atoms with Crippen LogP contribution in [0.25, 0.3) is 0 Å². The summed E-state index contributed by atoms with van der Waals surface area (Å²) >= 11 is 0. The summed E-state index contributed by atoms with van der Waals surface area (Å²) in [6, 6.07) is 8.98. The zero-order valence-electron chi connectivity index (χ0n) is 11.3. The molecule has 2 nitrogen and oxygen atoms in total. The first-order valence-electron chi connectivity index (χ1n) is 6.75. The van der Waals surface area contributed by atoms with E-state index in [1.807, 2.05) is 13.0 Å². The number of hydrogen-bond donors (Lipinski definition) is 1. The third-order valence-electron chi connectivity index (χ3n) is 3.02. The minimum Gasteiger partial charge on any atom is -0.494 e. The molecule has 1 aromatic carbocycles. The Labute approximate surface area is 105 Å². The number of ether oxygens (including phenoxy) is 1. The number of hydrogen-bond acceptors (Lipinski definition) is 2. The number of rotatable bonds is 8. The van der Waals surface area contributed by atoms with Crippen molar-refractivity contribution in [3.63, 3.8) is 0 Å². The maximum absolute atomic E-state index is 5.64. The third-order valence-corrected chi connectivity index (χ3v) is 3.02. The van der Waals surface area contributed by atoms with Crippen molar-refractivity contribution in [3.05, 3.63) is 29.8 Å². The molecule has 0 aliphatic carbocycles. The van der Waals surface area contributed by atoms with Crippen LogP contribution in [0.15, 0.2) is 24.3 Å². The van der Waals surface area contributed by atoms with E-state index in [1.165, 1.54) is 18.4 Å². The summed E-state index contributed by atoms with van der Waals surface area (Å²) in [5.74, 6) is 1.04. The maximum Gasteiger partial charge on any atom is 0.122 e. The molecular formula is C15H25NO. The van der Waals surface area contributed by atoms with E-state index in [0.29, 0.717) is 6.04 Å². The molecule has 17 heavy (non-hydrogen) atoms. The second-order valence-corrected chi connectivity index (χ2v) is 4.24. The minimum absolute atomic E-state index is 0.620. The second kappa shape index (κ2) is 8.13. The van der Waals surface area contributed by atoms with Gasteiger partial charge in [-0.05, 0) is 44.4 Å². The smallest absolute Gasteiger partial charge is 0.122 e. The van der Waals surface area contributed by atoms with Gasteiger partial charge in [-0.1, -0.05) is 32.0 Å². The molecule has 2 heteroatoms. The van der Waals surface area contributed by atoms with Crippen LogP contribution < -0.4 is 10.1 Å². The molecule has 0 amide bonds. The molecular weight excluding hydrogens is 210 g/mol. The Hall–Kier alpha value is -1.02. The summed E-state index contributed by atoms with van der Waals surface area (Å²) in [6.07, 6.45) is 3.45. The molecule has 0 fully saturated rings. The molecule has 0 spiro atoms. The monoisotopic (exact) mass is 235 g/mol. The molecule has 0 bridgehead atoms. The van der Waals surface area contributed by atoms with Crippen molar-refractivity contribution >= 4 is 0 Å². The largest absolute Gasteiger partial charge is 0.494 e. The topological polar surface area (TPSA) is 21.3 Å². The summed E-state index contributed by atoms with van der Waals surface area (Å²) < 4.78 is 5.64. The normalized spacial score (nSPS) is 12.4. The van der Waals surface area contributed by atoms with Crippen LogP contribution in [0.3, 0.4) is 0 Å². The minimum atomic E-state index is 0.620. The number of nitrogens with one attached hydrogen (secondary N) is 1. The zero-order chi connectivity index (χ0) is 12.5. The van der Waals surface area contributed by atoms with E-state index in [4.69, 9.17) is 4.74 Å². The molecule has 0 aromatic heterocycles. The van der Waals surface area contributed by atoms with Gasteiger partial charge in [0.05, 0.1) is 6.61 Å². The van der Waals surface area contributed by atoms with Gasteiger partial charge in [0.15, 0.2) is 0 Å². The first kappa shape index (κ1) is 14.0. The molecule has 1 unspecified atom stereocenters. The maximum atomic E-state index is 5.64. The Bertz CT molecular complexity index is 312. The van der Waals surface area contributed by atoms with E-state index in [9.17, 15) is 0 Å². The molecule has 1 aromatic rings. The summed E-state index contributed by atoms with van der Waals surface area (Å²) in [5, 5.41) is 3.51. The van der Waals surface area contributed by atoms with Crippen LogP contribution in [0.4, 0.5) is 0 Å². The predicted molar refractivity (Wildman–Crippen MR) is 73.7 cm³/mol. The van der Waals surface area contributed by atoms with Crippen LogP contribution in [0.2, 0.25) is 0 Å². The quantitative estimate of drug-likeness (QED) is 0.745. The lowest BCUT2D eigenvalue weighted by Gasteiger charge is -2.16. The van der Waals surface area contributed by atoms with Crippen molar-refractivity contribution in [2.24, 2.45) is 0 Å². The molecule has 96 valence electrons. The van der Waals surface area contributed by atoms with Crippen molar-refractivity contribution in [2.75, 3.05) is 13.2 Å². The van der Waals surface area contributed by atoms with Gasteiger partial charge in [-0.15, -0.1) is 0 Å². The van der Waals surface area contributed by atoms with Crippen molar-refractivity contribution in [3.8, 4) is 5.75 Å². The summed E-state index contributed by atoms with van der Waals surface area (Å²) in [6.45, 7) is 8.22. The molecule has 0 aliphatic rings. The van der Waals surface area contributed by atoms with Gasteiger partial charge in [0.2, 0.25) is 0 Å². The van der Waals surface area contributed by atoms with Crippen LogP contribution in [-0.2, 0) is 6.42 Å². The van der Waals surface area contributed by atoms with Gasteiger partial charge in [-0.2, -0.15) is 0 Å². The fourth-order valence-corrected chi connectivity index (χ4v) is 2.08. The second-order valence-electron chi connectivity index (χ2n) is 4.24. The van der Waals surface area contributed by atoms with Crippen LogP contribution in [-0.4, -0.2) is 19.2 Å². The predicted octanol–water partition coefficient (Wildman–Crippen LogP) is 3.41. The lowest BCUT2D eigenvalue weighted by Crippen LogP contribution is -2.28. The fourth-order valence-electron chi connectivity index (χ4n) is 2.08. The van der Waals surface area contributed by atoms with E-state index in [2.05, 4.69) is 37.4 Å². The molecule has 0 saturated heterocycles. The lowest BCUT2D eigenvalue weighted by atomic mass is 10.0. The highest BCUT2D eigenvalue weighted by atomic mass is 16.5. The SMILES string of the molecule is CCNC(CC)CCc1ccccc1OCC. The van der Waals surface area contributed by atoms with Crippen LogP contribution in [0.5, 0.6) is 5.75 Å². The highest BCUT2D eigenvalue weighted by Gasteiger charge is 2.07. The molecule has 0 saturated carbocycles. The molecule has 0 aliphatic heterocycles. The number of aryl methyl sites for hydroxylation is 1.